The SMILES string of the molecule is C=CC(=O)Cc1ccc(F)cc1C. The van der Waals surface area contributed by atoms with Gasteiger partial charge in [0.15, 0.2) is 5.78 Å². The van der Waals surface area contributed by atoms with Gasteiger partial charge < -0.3 is 0 Å². The fourth-order valence-corrected chi connectivity index (χ4v) is 1.12. The monoisotopic (exact) mass is 178 g/mol. The molecule has 1 aromatic rings. The zero-order valence-electron chi connectivity index (χ0n) is 7.51. The molecule has 1 nitrogen and oxygen atoms in total. The maximum atomic E-state index is 12.7. The van der Waals surface area contributed by atoms with Crippen LogP contribution in [0.15, 0.2) is 30.9 Å². The van der Waals surface area contributed by atoms with Gasteiger partial charge in [-0.3, -0.25) is 4.79 Å². The molecule has 0 heterocycles. The Balaban J connectivity index is 2.89. The van der Waals surface area contributed by atoms with E-state index in [1.807, 2.05) is 0 Å². The number of allylic oxidation sites excluding steroid dienone is 1. The molecule has 0 fully saturated rings. The second-order valence-electron chi connectivity index (χ2n) is 2.92. The van der Waals surface area contributed by atoms with Gasteiger partial charge in [-0.25, -0.2) is 4.39 Å². The zero-order valence-corrected chi connectivity index (χ0v) is 7.51. The van der Waals surface area contributed by atoms with Crippen LogP contribution < -0.4 is 0 Å². The number of benzene rings is 1. The highest BCUT2D eigenvalue weighted by Crippen LogP contribution is 2.10. The van der Waals surface area contributed by atoms with Gasteiger partial charge in [-0.15, -0.1) is 0 Å². The number of halogens is 1. The van der Waals surface area contributed by atoms with Crippen molar-refractivity contribution in [3.63, 3.8) is 0 Å². The number of carbonyl (C=O) groups is 1. The number of hydrogen-bond donors (Lipinski definition) is 0. The Hall–Kier alpha value is -1.44. The summed E-state index contributed by atoms with van der Waals surface area (Å²) >= 11 is 0. The summed E-state index contributed by atoms with van der Waals surface area (Å²) in [6.07, 6.45) is 1.58. The van der Waals surface area contributed by atoms with Crippen LogP contribution in [-0.2, 0) is 11.2 Å². The molecule has 0 amide bonds. The molecule has 0 saturated carbocycles. The predicted octanol–water partition coefficient (Wildman–Crippen LogP) is 2.43. The topological polar surface area (TPSA) is 17.1 Å². The molecule has 68 valence electrons. The van der Waals surface area contributed by atoms with Gasteiger partial charge >= 0.3 is 0 Å². The lowest BCUT2D eigenvalue weighted by Gasteiger charge is -2.02. The number of carbonyl (C=O) groups excluding carboxylic acids is 1. The second-order valence-corrected chi connectivity index (χ2v) is 2.92. The Kier molecular flexibility index (Phi) is 2.96. The van der Waals surface area contributed by atoms with Crippen molar-refractivity contribution in [2.24, 2.45) is 0 Å². The van der Waals surface area contributed by atoms with Crippen LogP contribution in [-0.4, -0.2) is 5.78 Å². The van der Waals surface area contributed by atoms with E-state index in [0.717, 1.165) is 11.1 Å². The van der Waals surface area contributed by atoms with Crippen LogP contribution in [0.1, 0.15) is 11.1 Å². The lowest BCUT2D eigenvalue weighted by atomic mass is 10.0. The molecule has 0 bridgehead atoms. The predicted molar refractivity (Wildman–Crippen MR) is 50.0 cm³/mol. The maximum Gasteiger partial charge on any atom is 0.159 e. The lowest BCUT2D eigenvalue weighted by Crippen LogP contribution is -2.00. The third-order valence-electron chi connectivity index (χ3n) is 1.90. The highest BCUT2D eigenvalue weighted by Gasteiger charge is 2.03. The highest BCUT2D eigenvalue weighted by molar-refractivity contribution is 5.91. The van der Waals surface area contributed by atoms with Crippen LogP contribution in [0.2, 0.25) is 0 Å². The zero-order chi connectivity index (χ0) is 9.84. The highest BCUT2D eigenvalue weighted by atomic mass is 19.1. The average Bonchev–Trinajstić information content (AvgIpc) is 2.09. The Morgan fingerprint density at radius 2 is 2.31 bits per heavy atom. The third-order valence-corrected chi connectivity index (χ3v) is 1.90. The number of hydrogen-bond acceptors (Lipinski definition) is 1. The minimum atomic E-state index is -0.271. The van der Waals surface area contributed by atoms with Crippen LogP contribution in [0.25, 0.3) is 0 Å². The lowest BCUT2D eigenvalue weighted by molar-refractivity contribution is -0.114. The van der Waals surface area contributed by atoms with E-state index >= 15 is 0 Å². The smallest absolute Gasteiger partial charge is 0.159 e. The number of rotatable bonds is 3. The molecule has 0 unspecified atom stereocenters. The van der Waals surface area contributed by atoms with Crippen LogP contribution in [0.5, 0.6) is 0 Å². The van der Waals surface area contributed by atoms with Crippen molar-refractivity contribution in [1.29, 1.82) is 0 Å². The Morgan fingerprint density at radius 1 is 1.62 bits per heavy atom. The molecule has 0 aliphatic rings. The Bertz CT molecular complexity index is 342. The number of ketones is 1. The van der Waals surface area contributed by atoms with E-state index in [9.17, 15) is 9.18 Å². The van der Waals surface area contributed by atoms with E-state index in [4.69, 9.17) is 0 Å². The van der Waals surface area contributed by atoms with E-state index in [1.165, 1.54) is 18.2 Å². The van der Waals surface area contributed by atoms with Gasteiger partial charge in [0.1, 0.15) is 5.82 Å². The molecule has 0 aromatic heterocycles. The van der Waals surface area contributed by atoms with Crippen LogP contribution in [0, 0.1) is 12.7 Å². The van der Waals surface area contributed by atoms with Crippen LogP contribution in [0.4, 0.5) is 4.39 Å². The molecule has 1 rings (SSSR count). The molecule has 13 heavy (non-hydrogen) atoms. The van der Waals surface area contributed by atoms with Crippen molar-refractivity contribution in [3.05, 3.63) is 47.8 Å². The molecule has 0 radical (unpaired) electrons. The summed E-state index contributed by atoms with van der Waals surface area (Å²) in [6.45, 7) is 5.17. The average molecular weight is 178 g/mol. The van der Waals surface area contributed by atoms with Gasteiger partial charge in [-0.2, -0.15) is 0 Å². The van der Waals surface area contributed by atoms with Gasteiger partial charge in [0.05, 0.1) is 0 Å². The minimum absolute atomic E-state index is 0.0466. The molecule has 0 atom stereocenters. The largest absolute Gasteiger partial charge is 0.295 e. The standard InChI is InChI=1S/C11H11FO/c1-3-11(13)7-9-4-5-10(12)6-8(9)2/h3-6H,1,7H2,2H3. The van der Waals surface area contributed by atoms with Gasteiger partial charge in [0.2, 0.25) is 0 Å². The second kappa shape index (κ2) is 3.99. The van der Waals surface area contributed by atoms with E-state index in [-0.39, 0.29) is 11.6 Å². The van der Waals surface area contributed by atoms with Gasteiger partial charge in [-0.1, -0.05) is 12.6 Å². The first kappa shape index (κ1) is 9.65. The normalized spacial score (nSPS) is 9.69. The molecular formula is C11H11FO. The molecule has 0 aliphatic carbocycles. The Morgan fingerprint density at radius 3 is 2.85 bits per heavy atom. The fourth-order valence-electron chi connectivity index (χ4n) is 1.12. The molecule has 1 aromatic carbocycles. The summed E-state index contributed by atoms with van der Waals surface area (Å²) in [5.41, 5.74) is 1.65. The van der Waals surface area contributed by atoms with Crippen molar-refractivity contribution in [3.8, 4) is 0 Å². The van der Waals surface area contributed by atoms with Crippen LogP contribution >= 0.6 is 0 Å². The summed E-state index contributed by atoms with van der Waals surface area (Å²) in [4.78, 5) is 11.0. The van der Waals surface area contributed by atoms with E-state index < -0.39 is 0 Å². The van der Waals surface area contributed by atoms with Gasteiger partial charge in [-0.05, 0) is 36.3 Å². The third kappa shape index (κ3) is 2.51. The summed E-state index contributed by atoms with van der Waals surface area (Å²) in [5, 5.41) is 0. The molecular weight excluding hydrogens is 167 g/mol. The molecule has 0 spiro atoms. The fraction of sp³-hybridized carbons (Fsp3) is 0.182. The first-order valence-corrected chi connectivity index (χ1v) is 4.04. The van der Waals surface area contributed by atoms with Crippen molar-refractivity contribution >= 4 is 5.78 Å². The first-order valence-electron chi connectivity index (χ1n) is 4.04. The maximum absolute atomic E-state index is 12.7. The minimum Gasteiger partial charge on any atom is -0.295 e. The molecule has 0 aliphatic heterocycles. The molecule has 2 heteroatoms. The van der Waals surface area contributed by atoms with Crippen LogP contribution in [0.3, 0.4) is 0 Å². The summed E-state index contributed by atoms with van der Waals surface area (Å²) < 4.78 is 12.7. The van der Waals surface area contributed by atoms with Crippen molar-refractivity contribution in [2.75, 3.05) is 0 Å². The van der Waals surface area contributed by atoms with Gasteiger partial charge in [0, 0.05) is 6.42 Å². The number of aryl methyl sites for hydroxylation is 1. The van der Waals surface area contributed by atoms with E-state index in [1.54, 1.807) is 13.0 Å². The quantitative estimate of drug-likeness (QED) is 0.650. The Labute approximate surface area is 76.9 Å². The first-order chi connectivity index (χ1) is 6.13. The van der Waals surface area contributed by atoms with E-state index in [0.29, 0.717) is 6.42 Å². The molecule has 0 N–H and O–H groups in total. The van der Waals surface area contributed by atoms with E-state index in [2.05, 4.69) is 6.58 Å². The summed E-state index contributed by atoms with van der Waals surface area (Å²) in [5.74, 6) is -0.318. The van der Waals surface area contributed by atoms with Crippen molar-refractivity contribution in [2.45, 2.75) is 13.3 Å². The van der Waals surface area contributed by atoms with Crippen molar-refractivity contribution in [1.82, 2.24) is 0 Å². The molecule has 0 saturated heterocycles. The van der Waals surface area contributed by atoms with Crippen molar-refractivity contribution < 1.29 is 9.18 Å². The summed E-state index contributed by atoms with van der Waals surface area (Å²) in [7, 11) is 0. The summed E-state index contributed by atoms with van der Waals surface area (Å²) in [6, 6.07) is 4.41. The van der Waals surface area contributed by atoms with Gasteiger partial charge in [0.25, 0.3) is 0 Å².